The van der Waals surface area contributed by atoms with Gasteiger partial charge in [0.05, 0.1) is 5.56 Å². The van der Waals surface area contributed by atoms with Gasteiger partial charge in [-0.15, -0.1) is 0 Å². The van der Waals surface area contributed by atoms with Crippen LogP contribution in [0.3, 0.4) is 0 Å². The molecule has 0 bridgehead atoms. The molecule has 178 valence electrons. The molecule has 7 N–H and O–H groups in total. The summed E-state index contributed by atoms with van der Waals surface area (Å²) in [4.78, 5) is 25.9. The van der Waals surface area contributed by atoms with E-state index in [9.17, 15) is 9.90 Å². The van der Waals surface area contributed by atoms with E-state index in [1.807, 2.05) is 36.4 Å². The number of hydrogen-bond donors (Lipinski definition) is 5. The van der Waals surface area contributed by atoms with Crippen LogP contribution in [-0.4, -0.2) is 38.0 Å². The molecule has 3 atom stereocenters. The van der Waals surface area contributed by atoms with Crippen molar-refractivity contribution in [3.8, 4) is 5.75 Å². The molecule has 1 heterocycles. The predicted molar refractivity (Wildman–Crippen MR) is 136 cm³/mol. The highest BCUT2D eigenvalue weighted by molar-refractivity contribution is 6.09. The summed E-state index contributed by atoms with van der Waals surface area (Å²) in [6.07, 6.45) is 3.91. The quantitative estimate of drug-likeness (QED) is 0.297. The Morgan fingerprint density at radius 3 is 2.37 bits per heavy atom. The largest absolute Gasteiger partial charge is 0.506 e. The first-order chi connectivity index (χ1) is 17.0. The van der Waals surface area contributed by atoms with Gasteiger partial charge < -0.3 is 27.2 Å². The molecule has 1 aliphatic rings. The summed E-state index contributed by atoms with van der Waals surface area (Å²) in [5.74, 6) is 0.804. The monoisotopic (exact) mass is 469 g/mol. The first-order valence-corrected chi connectivity index (χ1v) is 11.6. The van der Waals surface area contributed by atoms with Gasteiger partial charge in [0.1, 0.15) is 17.9 Å². The summed E-state index contributed by atoms with van der Waals surface area (Å²) in [5.41, 5.74) is 13.8. The zero-order valence-corrected chi connectivity index (χ0v) is 19.1. The van der Waals surface area contributed by atoms with Crippen LogP contribution in [0.2, 0.25) is 0 Å². The van der Waals surface area contributed by atoms with E-state index in [0.29, 0.717) is 22.8 Å². The second kappa shape index (κ2) is 9.65. The number of nitrogens with two attached hydrogens (primary N) is 2. The fourth-order valence-electron chi connectivity index (χ4n) is 4.59. The number of rotatable bonds is 5. The number of aromatic nitrogens is 3. The van der Waals surface area contributed by atoms with Gasteiger partial charge in [0.2, 0.25) is 5.95 Å². The molecule has 5 rings (SSSR count). The van der Waals surface area contributed by atoms with Gasteiger partial charge >= 0.3 is 0 Å². The number of fused-ring (bicyclic) bond motifs is 1. The molecular weight excluding hydrogens is 442 g/mol. The van der Waals surface area contributed by atoms with E-state index in [2.05, 4.69) is 25.6 Å². The number of phenols is 1. The van der Waals surface area contributed by atoms with Crippen LogP contribution in [0.1, 0.15) is 41.4 Å². The van der Waals surface area contributed by atoms with E-state index >= 15 is 0 Å². The molecule has 0 spiro atoms. The fraction of sp³-hybridized carbons (Fsp3) is 0.231. The molecule has 3 aromatic carbocycles. The average Bonchev–Trinajstić information content (AvgIpc) is 2.85. The zero-order valence-electron chi connectivity index (χ0n) is 19.1. The highest BCUT2D eigenvalue weighted by Crippen LogP contribution is 2.31. The number of nitrogens with one attached hydrogen (secondary N) is 2. The van der Waals surface area contributed by atoms with Crippen LogP contribution in [-0.2, 0) is 0 Å². The molecule has 1 aliphatic carbocycles. The van der Waals surface area contributed by atoms with Crippen LogP contribution in [0.4, 0.5) is 17.3 Å². The molecule has 9 nitrogen and oxygen atoms in total. The number of aromatic hydroxyl groups is 1. The van der Waals surface area contributed by atoms with Gasteiger partial charge in [-0.2, -0.15) is 4.98 Å². The lowest BCUT2D eigenvalue weighted by Crippen LogP contribution is -2.39. The third-order valence-electron chi connectivity index (χ3n) is 6.28. The Morgan fingerprint density at radius 2 is 1.60 bits per heavy atom. The van der Waals surface area contributed by atoms with Crippen LogP contribution in [0, 0.1) is 0 Å². The summed E-state index contributed by atoms with van der Waals surface area (Å²) in [6, 6.07) is 18.1. The Kier molecular flexibility index (Phi) is 6.26. The molecular formula is C26H27N7O2. The summed E-state index contributed by atoms with van der Waals surface area (Å²) in [7, 11) is 0. The first-order valence-electron chi connectivity index (χ1n) is 11.6. The SMILES string of the molecule is N[C@@H]1CC(c2ncnc(Nc3ccc(NC(=O)c4ccc5ccccc5c4O)cc3)n2)C[C@H](N)C1. The number of anilines is 3. The summed E-state index contributed by atoms with van der Waals surface area (Å²) < 4.78 is 0. The van der Waals surface area contributed by atoms with Crippen molar-refractivity contribution in [1.82, 2.24) is 15.0 Å². The van der Waals surface area contributed by atoms with E-state index in [1.54, 1.807) is 24.3 Å². The second-order valence-electron chi connectivity index (χ2n) is 8.93. The topological polar surface area (TPSA) is 152 Å². The Hall–Kier alpha value is -4.08. The average molecular weight is 470 g/mol. The zero-order chi connectivity index (χ0) is 24.4. The van der Waals surface area contributed by atoms with E-state index in [-0.39, 0.29) is 35.2 Å². The van der Waals surface area contributed by atoms with Gasteiger partial charge in [-0.3, -0.25) is 4.79 Å². The number of hydrogen-bond acceptors (Lipinski definition) is 8. The third-order valence-corrected chi connectivity index (χ3v) is 6.28. The highest BCUT2D eigenvalue weighted by atomic mass is 16.3. The summed E-state index contributed by atoms with van der Waals surface area (Å²) >= 11 is 0. The van der Waals surface area contributed by atoms with Gasteiger partial charge in [0.15, 0.2) is 0 Å². The normalized spacial score (nSPS) is 19.9. The van der Waals surface area contributed by atoms with E-state index in [0.717, 1.165) is 30.3 Å². The van der Waals surface area contributed by atoms with Crippen LogP contribution in [0.25, 0.3) is 10.8 Å². The number of amides is 1. The van der Waals surface area contributed by atoms with Crippen LogP contribution >= 0.6 is 0 Å². The number of phenolic OH excluding ortho intramolecular Hbond substituents is 1. The van der Waals surface area contributed by atoms with Gasteiger partial charge in [-0.05, 0) is 55.0 Å². The molecule has 1 amide bonds. The van der Waals surface area contributed by atoms with Crippen molar-refractivity contribution >= 4 is 34.0 Å². The van der Waals surface area contributed by atoms with Crippen molar-refractivity contribution in [1.29, 1.82) is 0 Å². The molecule has 1 saturated carbocycles. The van der Waals surface area contributed by atoms with Gasteiger partial charge in [-0.25, -0.2) is 9.97 Å². The molecule has 1 unspecified atom stereocenters. The summed E-state index contributed by atoms with van der Waals surface area (Å²) in [5, 5.41) is 18.0. The van der Waals surface area contributed by atoms with Crippen molar-refractivity contribution in [3.05, 3.63) is 78.4 Å². The van der Waals surface area contributed by atoms with E-state index < -0.39 is 0 Å². The molecule has 0 aliphatic heterocycles. The van der Waals surface area contributed by atoms with Crippen molar-refractivity contribution in [3.63, 3.8) is 0 Å². The Balaban J connectivity index is 1.26. The Morgan fingerprint density at radius 1 is 0.886 bits per heavy atom. The standard InChI is InChI=1S/C26H27N7O2/c27-17-11-16(12-18(28)13-17)24-29-14-30-26(33-24)32-20-8-6-19(7-9-20)31-25(35)22-10-5-15-3-1-2-4-21(15)23(22)34/h1-10,14,16-18,34H,11-13,27-28H2,(H,31,35)(H,29,30,32,33)/t16?,17-,18+. The maximum absolute atomic E-state index is 12.8. The number of carbonyl (C=O) groups excluding carboxylic acids is 1. The maximum Gasteiger partial charge on any atom is 0.259 e. The lowest BCUT2D eigenvalue weighted by atomic mass is 9.83. The lowest BCUT2D eigenvalue weighted by Gasteiger charge is -2.30. The molecule has 0 saturated heterocycles. The van der Waals surface area contributed by atoms with Crippen LogP contribution in [0.5, 0.6) is 5.75 Å². The Labute approximate surface area is 202 Å². The van der Waals surface area contributed by atoms with Crippen molar-refractivity contribution in [2.24, 2.45) is 11.5 Å². The van der Waals surface area contributed by atoms with Crippen molar-refractivity contribution in [2.75, 3.05) is 10.6 Å². The minimum atomic E-state index is -0.389. The minimum absolute atomic E-state index is 0.0376. The van der Waals surface area contributed by atoms with Crippen molar-refractivity contribution in [2.45, 2.75) is 37.3 Å². The van der Waals surface area contributed by atoms with E-state index in [4.69, 9.17) is 11.5 Å². The highest BCUT2D eigenvalue weighted by Gasteiger charge is 2.28. The molecule has 35 heavy (non-hydrogen) atoms. The number of benzene rings is 3. The van der Waals surface area contributed by atoms with Crippen LogP contribution < -0.4 is 22.1 Å². The smallest absolute Gasteiger partial charge is 0.259 e. The maximum atomic E-state index is 12.8. The Bertz CT molecular complexity index is 1350. The first kappa shape index (κ1) is 22.7. The summed E-state index contributed by atoms with van der Waals surface area (Å²) in [6.45, 7) is 0. The fourth-order valence-corrected chi connectivity index (χ4v) is 4.59. The predicted octanol–water partition coefficient (Wildman–Crippen LogP) is 3.65. The molecule has 0 radical (unpaired) electrons. The molecule has 9 heteroatoms. The molecule has 4 aromatic rings. The lowest BCUT2D eigenvalue weighted by molar-refractivity contribution is 0.102. The van der Waals surface area contributed by atoms with Gasteiger partial charge in [0, 0.05) is 34.8 Å². The number of carbonyl (C=O) groups is 1. The van der Waals surface area contributed by atoms with Crippen LogP contribution in [0.15, 0.2) is 67.0 Å². The third kappa shape index (κ3) is 5.06. The molecule has 1 fully saturated rings. The number of nitrogens with zero attached hydrogens (tertiary/aromatic N) is 3. The van der Waals surface area contributed by atoms with E-state index in [1.165, 1.54) is 6.33 Å². The molecule has 1 aromatic heterocycles. The van der Waals surface area contributed by atoms with Crippen molar-refractivity contribution < 1.29 is 9.90 Å². The minimum Gasteiger partial charge on any atom is -0.506 e. The van der Waals surface area contributed by atoms with Gasteiger partial charge in [-0.1, -0.05) is 30.3 Å². The van der Waals surface area contributed by atoms with Gasteiger partial charge in [0.25, 0.3) is 5.91 Å². The second-order valence-corrected chi connectivity index (χ2v) is 8.93.